The zero-order valence-corrected chi connectivity index (χ0v) is 12.3. The Balaban J connectivity index is 4.48. The molecule has 0 aliphatic rings. The summed E-state index contributed by atoms with van der Waals surface area (Å²) in [6.07, 6.45) is -4.07. The predicted molar refractivity (Wildman–Crippen MR) is 67.0 cm³/mol. The van der Waals surface area contributed by atoms with Crippen LogP contribution in [0, 0.1) is 5.41 Å². The number of ether oxygens (including phenoxy) is 2. The summed E-state index contributed by atoms with van der Waals surface area (Å²) < 4.78 is 46.4. The molecular formula is C13H25F3O3. The number of hydrogen-bond acceptors (Lipinski definition) is 3. The first-order valence-electron chi connectivity index (χ1n) is 6.31. The molecule has 1 atom stereocenters. The summed E-state index contributed by atoms with van der Waals surface area (Å²) >= 11 is 0. The highest BCUT2D eigenvalue weighted by Gasteiger charge is 2.34. The van der Waals surface area contributed by atoms with Crippen molar-refractivity contribution < 1.29 is 27.8 Å². The van der Waals surface area contributed by atoms with Gasteiger partial charge < -0.3 is 14.6 Å². The minimum atomic E-state index is -4.34. The molecule has 1 N–H and O–H groups in total. The third-order valence-corrected chi connectivity index (χ3v) is 2.34. The van der Waals surface area contributed by atoms with Gasteiger partial charge in [0, 0.05) is 5.41 Å². The van der Waals surface area contributed by atoms with Gasteiger partial charge in [-0.05, 0) is 34.1 Å². The van der Waals surface area contributed by atoms with E-state index in [0.717, 1.165) is 0 Å². The van der Waals surface area contributed by atoms with Crippen molar-refractivity contribution in [2.45, 2.75) is 58.9 Å². The summed E-state index contributed by atoms with van der Waals surface area (Å²) in [5, 5.41) is 9.84. The van der Waals surface area contributed by atoms with Crippen LogP contribution in [0.3, 0.4) is 0 Å². The molecular weight excluding hydrogens is 261 g/mol. The van der Waals surface area contributed by atoms with E-state index in [0.29, 0.717) is 6.42 Å². The third-order valence-electron chi connectivity index (χ3n) is 2.34. The maximum atomic E-state index is 12.1. The van der Waals surface area contributed by atoms with E-state index in [2.05, 4.69) is 0 Å². The van der Waals surface area contributed by atoms with Gasteiger partial charge >= 0.3 is 6.18 Å². The molecule has 0 spiro atoms. The van der Waals surface area contributed by atoms with Crippen molar-refractivity contribution in [2.75, 3.05) is 19.8 Å². The number of hydrogen-bond donors (Lipinski definition) is 1. The molecule has 0 bridgehead atoms. The molecule has 6 heteroatoms. The van der Waals surface area contributed by atoms with Gasteiger partial charge in [0.1, 0.15) is 6.61 Å². The maximum absolute atomic E-state index is 12.1. The van der Waals surface area contributed by atoms with Crippen LogP contribution >= 0.6 is 0 Å². The highest BCUT2D eigenvalue weighted by atomic mass is 19.4. The van der Waals surface area contributed by atoms with Gasteiger partial charge in [0.05, 0.1) is 24.9 Å². The number of aliphatic hydroxyl groups is 1. The number of alkyl halides is 3. The van der Waals surface area contributed by atoms with E-state index in [4.69, 9.17) is 9.47 Å². The lowest BCUT2D eigenvalue weighted by atomic mass is 9.81. The van der Waals surface area contributed by atoms with Crippen molar-refractivity contribution in [3.63, 3.8) is 0 Å². The second kappa shape index (κ2) is 6.90. The summed E-state index contributed by atoms with van der Waals surface area (Å²) in [5.74, 6) is 0. The van der Waals surface area contributed by atoms with E-state index in [-0.39, 0.29) is 19.3 Å². The molecule has 19 heavy (non-hydrogen) atoms. The zero-order chi connectivity index (χ0) is 15.3. The normalized spacial score (nSPS) is 16.7. The van der Waals surface area contributed by atoms with Crippen LogP contribution in [-0.2, 0) is 9.47 Å². The van der Waals surface area contributed by atoms with Crippen LogP contribution in [0.15, 0.2) is 0 Å². The van der Waals surface area contributed by atoms with Gasteiger partial charge in [-0.25, -0.2) is 0 Å². The molecule has 0 aromatic heterocycles. The Morgan fingerprint density at radius 3 is 1.89 bits per heavy atom. The molecule has 0 aromatic carbocycles. The molecule has 0 fully saturated rings. The standard InChI is InChI=1S/C13H25F3O3/c1-10(2)19-8-12(5,6-11(3,4)17)7-18-9-13(14,15)16/h10,17H,6-9H2,1-5H3. The lowest BCUT2D eigenvalue weighted by Gasteiger charge is -2.35. The van der Waals surface area contributed by atoms with E-state index in [1.54, 1.807) is 20.8 Å². The van der Waals surface area contributed by atoms with Crippen LogP contribution in [0.25, 0.3) is 0 Å². The Labute approximate surface area is 113 Å². The zero-order valence-electron chi connectivity index (χ0n) is 12.3. The van der Waals surface area contributed by atoms with E-state index in [1.807, 2.05) is 13.8 Å². The quantitative estimate of drug-likeness (QED) is 0.745. The van der Waals surface area contributed by atoms with E-state index in [1.165, 1.54) is 0 Å². The molecule has 0 radical (unpaired) electrons. The summed E-state index contributed by atoms with van der Waals surface area (Å²) in [4.78, 5) is 0. The molecule has 0 aliphatic heterocycles. The first-order chi connectivity index (χ1) is 8.33. The molecule has 1 unspecified atom stereocenters. The first-order valence-corrected chi connectivity index (χ1v) is 6.31. The van der Waals surface area contributed by atoms with Crippen molar-refractivity contribution in [1.82, 2.24) is 0 Å². The Hall–Kier alpha value is -0.330. The van der Waals surface area contributed by atoms with Gasteiger partial charge in [-0.1, -0.05) is 6.92 Å². The second-order valence-electron chi connectivity index (χ2n) is 6.27. The molecule has 3 nitrogen and oxygen atoms in total. The van der Waals surface area contributed by atoms with Crippen molar-refractivity contribution in [3.05, 3.63) is 0 Å². The minimum absolute atomic E-state index is 0.0243. The fourth-order valence-electron chi connectivity index (χ4n) is 1.97. The molecule has 0 heterocycles. The Morgan fingerprint density at radius 1 is 1.00 bits per heavy atom. The average Bonchev–Trinajstić information content (AvgIpc) is 2.09. The van der Waals surface area contributed by atoms with Crippen molar-refractivity contribution >= 4 is 0 Å². The molecule has 0 amide bonds. The highest BCUT2D eigenvalue weighted by molar-refractivity contribution is 4.82. The number of rotatable bonds is 8. The van der Waals surface area contributed by atoms with E-state index in [9.17, 15) is 18.3 Å². The molecule has 0 saturated carbocycles. The third kappa shape index (κ3) is 11.2. The van der Waals surface area contributed by atoms with Gasteiger partial charge in [0.2, 0.25) is 0 Å². The Morgan fingerprint density at radius 2 is 1.53 bits per heavy atom. The van der Waals surface area contributed by atoms with E-state index < -0.39 is 23.8 Å². The van der Waals surface area contributed by atoms with Gasteiger partial charge in [-0.15, -0.1) is 0 Å². The summed E-state index contributed by atoms with van der Waals surface area (Å²) in [6, 6.07) is 0. The maximum Gasteiger partial charge on any atom is 0.411 e. The average molecular weight is 286 g/mol. The van der Waals surface area contributed by atoms with Gasteiger partial charge in [0.25, 0.3) is 0 Å². The van der Waals surface area contributed by atoms with Crippen molar-refractivity contribution in [1.29, 1.82) is 0 Å². The lowest BCUT2D eigenvalue weighted by Crippen LogP contribution is -2.38. The fourth-order valence-corrected chi connectivity index (χ4v) is 1.97. The molecule has 116 valence electrons. The molecule has 0 aromatic rings. The second-order valence-corrected chi connectivity index (χ2v) is 6.27. The summed E-state index contributed by atoms with van der Waals surface area (Å²) in [5.41, 5.74) is -1.65. The Kier molecular flexibility index (Phi) is 6.78. The first kappa shape index (κ1) is 18.7. The van der Waals surface area contributed by atoms with Crippen molar-refractivity contribution in [3.8, 4) is 0 Å². The summed E-state index contributed by atoms with van der Waals surface area (Å²) in [7, 11) is 0. The van der Waals surface area contributed by atoms with Gasteiger partial charge in [-0.3, -0.25) is 0 Å². The fraction of sp³-hybridized carbons (Fsp3) is 1.00. The topological polar surface area (TPSA) is 38.7 Å². The molecule has 0 saturated heterocycles. The lowest BCUT2D eigenvalue weighted by molar-refractivity contribution is -0.185. The van der Waals surface area contributed by atoms with Gasteiger partial charge in [-0.2, -0.15) is 13.2 Å². The van der Waals surface area contributed by atoms with Crippen LogP contribution in [-0.4, -0.2) is 42.8 Å². The van der Waals surface area contributed by atoms with Crippen LogP contribution in [0.1, 0.15) is 41.0 Å². The molecule has 0 rings (SSSR count). The predicted octanol–water partition coefficient (Wildman–Crippen LogP) is 3.16. The SMILES string of the molecule is CC(C)OCC(C)(COCC(F)(F)F)CC(C)(C)O. The van der Waals surface area contributed by atoms with Crippen LogP contribution < -0.4 is 0 Å². The van der Waals surface area contributed by atoms with Gasteiger partial charge in [0.15, 0.2) is 0 Å². The van der Waals surface area contributed by atoms with Crippen molar-refractivity contribution in [2.24, 2.45) is 5.41 Å². The van der Waals surface area contributed by atoms with Crippen LogP contribution in [0.5, 0.6) is 0 Å². The van der Waals surface area contributed by atoms with E-state index >= 15 is 0 Å². The number of halogens is 3. The minimum Gasteiger partial charge on any atom is -0.390 e. The smallest absolute Gasteiger partial charge is 0.390 e. The summed E-state index contributed by atoms with van der Waals surface area (Å²) in [6.45, 7) is 7.53. The highest BCUT2D eigenvalue weighted by Crippen LogP contribution is 2.30. The monoisotopic (exact) mass is 286 g/mol. The van der Waals surface area contributed by atoms with Crippen LogP contribution in [0.4, 0.5) is 13.2 Å². The van der Waals surface area contributed by atoms with Crippen LogP contribution in [0.2, 0.25) is 0 Å². The molecule has 0 aliphatic carbocycles. The largest absolute Gasteiger partial charge is 0.411 e. The Bertz CT molecular complexity index is 259.